The number of nitriles is 1. The Labute approximate surface area is 208 Å². The molecule has 0 aliphatic rings. The van der Waals surface area contributed by atoms with Crippen LogP contribution in [0, 0.1) is 18.3 Å². The van der Waals surface area contributed by atoms with Crippen LogP contribution in [-0.2, 0) is 13.6 Å². The minimum Gasteiger partial charge on any atom is -0.380 e. The Morgan fingerprint density at radius 3 is 2.64 bits per heavy atom. The molecule has 8 heteroatoms. The molecule has 1 amide bonds. The predicted molar refractivity (Wildman–Crippen MR) is 139 cm³/mol. The van der Waals surface area contributed by atoms with Gasteiger partial charge >= 0.3 is 0 Å². The number of hydrogen-bond acceptors (Lipinski definition) is 6. The zero-order valence-corrected chi connectivity index (χ0v) is 19.9. The number of benzene rings is 2. The molecule has 3 aromatic heterocycles. The van der Waals surface area contributed by atoms with Gasteiger partial charge in [0.2, 0.25) is 0 Å². The van der Waals surface area contributed by atoms with Crippen LogP contribution in [0.25, 0.3) is 33.3 Å². The molecule has 0 unspecified atom stereocenters. The molecule has 0 saturated heterocycles. The average Bonchev–Trinajstić information content (AvgIpc) is 3.32. The maximum absolute atomic E-state index is 11.8. The van der Waals surface area contributed by atoms with E-state index >= 15 is 0 Å². The van der Waals surface area contributed by atoms with Gasteiger partial charge < -0.3 is 11.1 Å². The van der Waals surface area contributed by atoms with E-state index in [0.717, 1.165) is 38.9 Å². The standard InChI is InChI=1S/C28H23N7O/c1-17-9-19(14-32-25-6-4-3-5-21(25)28(30)36)23-11-22(27(12-29)34-26(23)10-17)18-7-8-24(31-13-18)20-15-33-35(2)16-20/h3-11,13,15-16,32H,14H2,1-2H3,(H2,30,36). The number of para-hydroxylation sites is 1. The molecule has 2 aromatic carbocycles. The first-order valence-corrected chi connectivity index (χ1v) is 11.4. The smallest absolute Gasteiger partial charge is 0.250 e. The molecule has 3 N–H and O–H groups in total. The Kier molecular flexibility index (Phi) is 5.88. The fraction of sp³-hybridized carbons (Fsp3) is 0.107. The topological polar surface area (TPSA) is 123 Å². The number of rotatable bonds is 6. The molecule has 5 rings (SSSR count). The summed E-state index contributed by atoms with van der Waals surface area (Å²) in [6.45, 7) is 2.44. The highest BCUT2D eigenvalue weighted by molar-refractivity contribution is 5.98. The van der Waals surface area contributed by atoms with Crippen LogP contribution in [0.4, 0.5) is 5.69 Å². The van der Waals surface area contributed by atoms with Crippen LogP contribution in [0.3, 0.4) is 0 Å². The van der Waals surface area contributed by atoms with E-state index in [1.807, 2.05) is 56.6 Å². The molecule has 8 nitrogen and oxygen atoms in total. The van der Waals surface area contributed by atoms with Crippen molar-refractivity contribution < 1.29 is 4.79 Å². The fourth-order valence-electron chi connectivity index (χ4n) is 4.28. The summed E-state index contributed by atoms with van der Waals surface area (Å²) < 4.78 is 1.73. The Morgan fingerprint density at radius 1 is 1.11 bits per heavy atom. The number of carbonyl (C=O) groups is 1. The number of hydrogen-bond donors (Lipinski definition) is 2. The Balaban J connectivity index is 1.55. The molecule has 5 aromatic rings. The Bertz CT molecular complexity index is 1650. The second-order valence-corrected chi connectivity index (χ2v) is 8.59. The normalized spacial score (nSPS) is 10.8. The van der Waals surface area contributed by atoms with Crippen molar-refractivity contribution >= 4 is 22.5 Å². The molecule has 0 aliphatic carbocycles. The highest BCUT2D eigenvalue weighted by Gasteiger charge is 2.14. The maximum Gasteiger partial charge on any atom is 0.250 e. The number of primary amides is 1. The van der Waals surface area contributed by atoms with Gasteiger partial charge in [0.15, 0.2) is 0 Å². The molecule has 36 heavy (non-hydrogen) atoms. The number of nitrogens with zero attached hydrogens (tertiary/aromatic N) is 5. The van der Waals surface area contributed by atoms with Crippen molar-refractivity contribution in [2.75, 3.05) is 5.32 Å². The SMILES string of the molecule is Cc1cc(CNc2ccccc2C(N)=O)c2cc(-c3ccc(-c4cnn(C)c4)nc3)c(C#N)nc2c1. The number of aryl methyl sites for hydroxylation is 2. The summed E-state index contributed by atoms with van der Waals surface area (Å²) in [6, 6.07) is 19.3. The van der Waals surface area contributed by atoms with Crippen molar-refractivity contribution in [3.63, 3.8) is 0 Å². The second-order valence-electron chi connectivity index (χ2n) is 8.59. The lowest BCUT2D eigenvalue weighted by molar-refractivity contribution is 0.100. The molecule has 0 spiro atoms. The molecular formula is C28H23N7O. The largest absolute Gasteiger partial charge is 0.380 e. The van der Waals surface area contributed by atoms with E-state index < -0.39 is 5.91 Å². The Hall–Kier alpha value is -5.03. The summed E-state index contributed by atoms with van der Waals surface area (Å²) in [5.74, 6) is -0.489. The van der Waals surface area contributed by atoms with Gasteiger partial charge in [-0.2, -0.15) is 10.4 Å². The fourth-order valence-corrected chi connectivity index (χ4v) is 4.28. The van der Waals surface area contributed by atoms with Crippen LogP contribution in [0.15, 0.2) is 73.2 Å². The van der Waals surface area contributed by atoms with Crippen molar-refractivity contribution in [2.45, 2.75) is 13.5 Å². The minimum absolute atomic E-state index is 0.335. The van der Waals surface area contributed by atoms with Crippen molar-refractivity contribution in [3.05, 3.63) is 95.6 Å². The number of anilines is 1. The lowest BCUT2D eigenvalue weighted by Crippen LogP contribution is -2.14. The number of pyridine rings is 2. The van der Waals surface area contributed by atoms with Crippen LogP contribution in [0.5, 0.6) is 0 Å². The molecule has 0 fully saturated rings. The van der Waals surface area contributed by atoms with Gasteiger partial charge in [-0.3, -0.25) is 14.5 Å². The average molecular weight is 474 g/mol. The van der Waals surface area contributed by atoms with Gasteiger partial charge in [-0.15, -0.1) is 0 Å². The Morgan fingerprint density at radius 2 is 1.94 bits per heavy atom. The third-order valence-electron chi connectivity index (χ3n) is 6.01. The first kappa shape index (κ1) is 22.7. The van der Waals surface area contributed by atoms with Crippen LogP contribution in [0.1, 0.15) is 27.2 Å². The third-order valence-corrected chi connectivity index (χ3v) is 6.01. The molecule has 0 bridgehead atoms. The van der Waals surface area contributed by atoms with E-state index in [1.165, 1.54) is 0 Å². The van der Waals surface area contributed by atoms with Crippen LogP contribution < -0.4 is 11.1 Å². The molecule has 0 aliphatic heterocycles. The van der Waals surface area contributed by atoms with Crippen LogP contribution in [0.2, 0.25) is 0 Å². The lowest BCUT2D eigenvalue weighted by Gasteiger charge is -2.14. The van der Waals surface area contributed by atoms with Gasteiger partial charge in [0.05, 0.1) is 23.0 Å². The van der Waals surface area contributed by atoms with E-state index in [-0.39, 0.29) is 0 Å². The molecule has 0 saturated carbocycles. The molecule has 0 radical (unpaired) electrons. The van der Waals surface area contributed by atoms with E-state index in [2.05, 4.69) is 32.5 Å². The zero-order valence-electron chi connectivity index (χ0n) is 19.9. The van der Waals surface area contributed by atoms with Crippen molar-refractivity contribution in [1.29, 1.82) is 5.26 Å². The quantitative estimate of drug-likeness (QED) is 0.372. The van der Waals surface area contributed by atoms with E-state index in [0.29, 0.717) is 29.1 Å². The first-order chi connectivity index (χ1) is 17.4. The first-order valence-electron chi connectivity index (χ1n) is 11.4. The zero-order chi connectivity index (χ0) is 25.2. The third kappa shape index (κ3) is 4.38. The van der Waals surface area contributed by atoms with Gasteiger partial charge in [0, 0.05) is 53.8 Å². The summed E-state index contributed by atoms with van der Waals surface area (Å²) >= 11 is 0. The van der Waals surface area contributed by atoms with Crippen molar-refractivity contribution in [1.82, 2.24) is 19.7 Å². The van der Waals surface area contributed by atoms with Crippen LogP contribution in [-0.4, -0.2) is 25.7 Å². The number of nitrogens with two attached hydrogens (primary N) is 1. The summed E-state index contributed by atoms with van der Waals surface area (Å²) in [5, 5.41) is 18.3. The van der Waals surface area contributed by atoms with Crippen molar-refractivity contribution in [3.8, 4) is 28.5 Å². The summed E-state index contributed by atoms with van der Waals surface area (Å²) in [4.78, 5) is 21.1. The predicted octanol–water partition coefficient (Wildman–Crippen LogP) is 4.59. The molecule has 3 heterocycles. The monoisotopic (exact) mass is 473 g/mol. The number of amides is 1. The van der Waals surface area contributed by atoms with Gasteiger partial charge in [0.1, 0.15) is 11.8 Å². The van der Waals surface area contributed by atoms with Gasteiger partial charge in [-0.25, -0.2) is 4.98 Å². The number of nitrogens with one attached hydrogen (secondary N) is 1. The molecular weight excluding hydrogens is 450 g/mol. The minimum atomic E-state index is -0.489. The molecule has 0 atom stereocenters. The highest BCUT2D eigenvalue weighted by Crippen LogP contribution is 2.30. The van der Waals surface area contributed by atoms with E-state index in [4.69, 9.17) is 5.73 Å². The van der Waals surface area contributed by atoms with Gasteiger partial charge in [-0.05, 0) is 48.4 Å². The second kappa shape index (κ2) is 9.31. The number of fused-ring (bicyclic) bond motifs is 1. The number of aromatic nitrogens is 4. The summed E-state index contributed by atoms with van der Waals surface area (Å²) in [7, 11) is 1.86. The summed E-state index contributed by atoms with van der Waals surface area (Å²) in [5.41, 5.74) is 12.9. The van der Waals surface area contributed by atoms with E-state index in [1.54, 1.807) is 29.2 Å². The van der Waals surface area contributed by atoms with Gasteiger partial charge in [0.25, 0.3) is 5.91 Å². The van der Waals surface area contributed by atoms with Crippen molar-refractivity contribution in [2.24, 2.45) is 12.8 Å². The van der Waals surface area contributed by atoms with Crippen LogP contribution >= 0.6 is 0 Å². The number of carbonyl (C=O) groups excluding carboxylic acids is 1. The maximum atomic E-state index is 11.8. The van der Waals surface area contributed by atoms with E-state index in [9.17, 15) is 10.1 Å². The lowest BCUT2D eigenvalue weighted by atomic mass is 9.98. The summed E-state index contributed by atoms with van der Waals surface area (Å²) in [6.07, 6.45) is 5.41. The van der Waals surface area contributed by atoms with Gasteiger partial charge in [-0.1, -0.05) is 24.3 Å². The highest BCUT2D eigenvalue weighted by atomic mass is 16.1. The molecule has 176 valence electrons.